The van der Waals surface area contributed by atoms with Crippen molar-refractivity contribution in [1.82, 2.24) is 0 Å². The van der Waals surface area contributed by atoms with Crippen molar-refractivity contribution in [3.63, 3.8) is 0 Å². The first-order chi connectivity index (χ1) is 45.4. The van der Waals surface area contributed by atoms with Gasteiger partial charge < -0.3 is 33.8 Å². The maximum Gasteiger partial charge on any atom is 0.472 e. The van der Waals surface area contributed by atoms with Gasteiger partial charge >= 0.3 is 39.5 Å². The molecule has 0 aliphatic carbocycles. The largest absolute Gasteiger partial charge is 0.472 e. The van der Waals surface area contributed by atoms with Crippen molar-refractivity contribution in [3.8, 4) is 0 Å². The number of hydrogen-bond acceptors (Lipinski definition) is 15. The zero-order valence-electron chi connectivity index (χ0n) is 61.3. The van der Waals surface area contributed by atoms with E-state index in [4.69, 9.17) is 37.0 Å². The Hall–Kier alpha value is -1.94. The van der Waals surface area contributed by atoms with Gasteiger partial charge in [0.15, 0.2) is 12.2 Å². The summed E-state index contributed by atoms with van der Waals surface area (Å²) in [5, 5.41) is 10.6. The molecule has 17 nitrogen and oxygen atoms in total. The number of phosphoric ester groups is 2. The summed E-state index contributed by atoms with van der Waals surface area (Å²) >= 11 is 0. The lowest BCUT2D eigenvalue weighted by Crippen LogP contribution is -2.30. The minimum absolute atomic E-state index is 0.105. The lowest BCUT2D eigenvalue weighted by atomic mass is 10.0. The van der Waals surface area contributed by atoms with Crippen LogP contribution >= 0.6 is 15.6 Å². The summed E-state index contributed by atoms with van der Waals surface area (Å²) in [6, 6.07) is 0. The van der Waals surface area contributed by atoms with Crippen molar-refractivity contribution < 1.29 is 80.2 Å². The topological polar surface area (TPSA) is 237 Å². The van der Waals surface area contributed by atoms with Gasteiger partial charge in [0.1, 0.15) is 19.3 Å². The molecule has 3 N–H and O–H groups in total. The minimum atomic E-state index is -4.96. The summed E-state index contributed by atoms with van der Waals surface area (Å²) in [5.41, 5.74) is 0. The van der Waals surface area contributed by atoms with Crippen molar-refractivity contribution in [2.24, 2.45) is 11.8 Å². The van der Waals surface area contributed by atoms with E-state index in [-0.39, 0.29) is 25.7 Å². The fourth-order valence-electron chi connectivity index (χ4n) is 11.5. The molecule has 0 heterocycles. The Bertz CT molecular complexity index is 1820. The molecular weight excluding hydrogens is 1230 g/mol. The molecule has 0 fully saturated rings. The van der Waals surface area contributed by atoms with E-state index >= 15 is 0 Å². The molecule has 0 saturated heterocycles. The molecule has 5 atom stereocenters. The molecule has 19 heteroatoms. The number of phosphoric acid groups is 2. The maximum absolute atomic E-state index is 13.1. The molecule has 0 aliphatic rings. The highest BCUT2D eigenvalue weighted by atomic mass is 31.2. The number of hydrogen-bond donors (Lipinski definition) is 3. The van der Waals surface area contributed by atoms with Crippen LogP contribution in [0.3, 0.4) is 0 Å². The van der Waals surface area contributed by atoms with Gasteiger partial charge in [0, 0.05) is 25.7 Å². The molecule has 0 bridgehead atoms. The molecule has 0 radical (unpaired) electrons. The molecule has 0 aromatic carbocycles. The van der Waals surface area contributed by atoms with Crippen molar-refractivity contribution in [2.75, 3.05) is 39.6 Å². The zero-order valence-corrected chi connectivity index (χ0v) is 63.1. The van der Waals surface area contributed by atoms with Gasteiger partial charge in [-0.3, -0.25) is 37.3 Å². The lowest BCUT2D eigenvalue weighted by molar-refractivity contribution is -0.161. The molecule has 558 valence electrons. The van der Waals surface area contributed by atoms with Gasteiger partial charge in [-0.25, -0.2) is 9.13 Å². The Labute approximate surface area is 575 Å². The van der Waals surface area contributed by atoms with E-state index in [9.17, 15) is 43.2 Å². The summed E-state index contributed by atoms with van der Waals surface area (Å²) < 4.78 is 68.5. The first-order valence-electron chi connectivity index (χ1n) is 39.0. The Balaban J connectivity index is 5.25. The predicted molar refractivity (Wildman–Crippen MR) is 381 cm³/mol. The monoisotopic (exact) mass is 1380 g/mol. The molecule has 0 saturated carbocycles. The molecular formula is C75H146O17P2. The summed E-state index contributed by atoms with van der Waals surface area (Å²) in [6.45, 7) is 9.54. The van der Waals surface area contributed by atoms with Gasteiger partial charge in [0.05, 0.1) is 26.4 Å². The molecule has 0 aromatic heterocycles. The van der Waals surface area contributed by atoms with Crippen LogP contribution in [0.4, 0.5) is 0 Å². The second-order valence-corrected chi connectivity index (χ2v) is 30.9. The van der Waals surface area contributed by atoms with E-state index in [0.29, 0.717) is 25.7 Å². The summed E-state index contributed by atoms with van der Waals surface area (Å²) in [4.78, 5) is 72.8. The average molecular weight is 1380 g/mol. The van der Waals surface area contributed by atoms with Crippen molar-refractivity contribution >= 4 is 39.5 Å². The van der Waals surface area contributed by atoms with Crippen LogP contribution in [0.25, 0.3) is 0 Å². The Morgan fingerprint density at radius 1 is 0.287 bits per heavy atom. The number of aliphatic hydroxyl groups excluding tert-OH is 1. The number of rotatable bonds is 74. The zero-order chi connectivity index (χ0) is 69.3. The number of carbonyl (C=O) groups is 4. The lowest BCUT2D eigenvalue weighted by Gasteiger charge is -2.21. The summed E-state index contributed by atoms with van der Waals surface area (Å²) in [5.74, 6) is -0.654. The number of unbranched alkanes of at least 4 members (excludes halogenated alkanes) is 44. The van der Waals surface area contributed by atoms with Crippen LogP contribution in [-0.4, -0.2) is 96.7 Å². The van der Waals surface area contributed by atoms with Gasteiger partial charge in [0.2, 0.25) is 0 Å². The van der Waals surface area contributed by atoms with Crippen LogP contribution in [0, 0.1) is 11.8 Å². The van der Waals surface area contributed by atoms with Crippen LogP contribution in [0.2, 0.25) is 0 Å². The van der Waals surface area contributed by atoms with E-state index < -0.39 is 97.5 Å². The van der Waals surface area contributed by atoms with Gasteiger partial charge in [0.25, 0.3) is 0 Å². The third-order valence-electron chi connectivity index (χ3n) is 17.5. The molecule has 0 aromatic rings. The van der Waals surface area contributed by atoms with E-state index in [0.717, 1.165) is 102 Å². The third kappa shape index (κ3) is 68.6. The molecule has 0 spiro atoms. The fraction of sp³-hybridized carbons (Fsp3) is 0.947. The van der Waals surface area contributed by atoms with Gasteiger partial charge in [-0.1, -0.05) is 337 Å². The quantitative estimate of drug-likeness (QED) is 0.0222. The number of carbonyl (C=O) groups excluding carboxylic acids is 4. The van der Waals surface area contributed by atoms with E-state index in [1.54, 1.807) is 0 Å². The highest BCUT2D eigenvalue weighted by Gasteiger charge is 2.30. The highest BCUT2D eigenvalue weighted by molar-refractivity contribution is 7.47. The SMILES string of the molecule is CCCCCCCCCCCCCCCCCCC(=O)O[C@H](COC(=O)CCCCCCCCCCCCCCCCC)COP(=O)(O)OC[C@@H](O)COP(=O)(O)OC[C@@H](COC(=O)CCCCCCCCCCC(C)C)OC(=O)CCCCCCCCCCCC(C)C. The minimum Gasteiger partial charge on any atom is -0.462 e. The van der Waals surface area contributed by atoms with Crippen LogP contribution in [-0.2, 0) is 65.4 Å². The molecule has 2 unspecified atom stereocenters. The molecule has 0 rings (SSSR count). The second-order valence-electron chi connectivity index (χ2n) is 28.0. The third-order valence-corrected chi connectivity index (χ3v) is 19.4. The van der Waals surface area contributed by atoms with E-state index in [1.807, 2.05) is 0 Å². The van der Waals surface area contributed by atoms with Gasteiger partial charge in [-0.15, -0.1) is 0 Å². The highest BCUT2D eigenvalue weighted by Crippen LogP contribution is 2.45. The van der Waals surface area contributed by atoms with Crippen LogP contribution in [0.5, 0.6) is 0 Å². The number of aliphatic hydroxyl groups is 1. The van der Waals surface area contributed by atoms with Crippen LogP contribution < -0.4 is 0 Å². The average Bonchev–Trinajstić information content (AvgIpc) is 1.35. The number of esters is 4. The Morgan fingerprint density at radius 3 is 0.723 bits per heavy atom. The Morgan fingerprint density at radius 2 is 0.489 bits per heavy atom. The molecule has 0 aliphatic heterocycles. The van der Waals surface area contributed by atoms with Crippen molar-refractivity contribution in [2.45, 2.75) is 407 Å². The predicted octanol–water partition coefficient (Wildman–Crippen LogP) is 21.9. The van der Waals surface area contributed by atoms with Crippen LogP contribution in [0.15, 0.2) is 0 Å². The van der Waals surface area contributed by atoms with Crippen LogP contribution in [0.1, 0.15) is 388 Å². The number of ether oxygens (including phenoxy) is 4. The second kappa shape index (κ2) is 66.9. The van der Waals surface area contributed by atoms with Crippen molar-refractivity contribution in [1.29, 1.82) is 0 Å². The standard InChI is InChI=1S/C75H146O17P2/c1-7-9-11-13-15-17-19-21-23-25-27-29-33-41-47-53-59-74(79)91-70(63-85-72(77)57-51-45-39-32-28-26-24-22-20-18-16-14-12-10-8-2)65-89-93(81,82)87-61-69(76)62-88-94(83,84)90-66-71(64-86-73(78)58-52-46-40-36-35-38-44-50-56-68(5)6)92-75(80)60-54-48-42-34-30-31-37-43-49-55-67(3)4/h67-71,76H,7-66H2,1-6H3,(H,81,82)(H,83,84)/t69-,70-,71-/m1/s1. The van der Waals surface area contributed by atoms with Gasteiger partial charge in [-0.2, -0.15) is 0 Å². The Kier molecular flexibility index (Phi) is 65.5. The van der Waals surface area contributed by atoms with Crippen molar-refractivity contribution in [3.05, 3.63) is 0 Å². The molecule has 94 heavy (non-hydrogen) atoms. The fourth-order valence-corrected chi connectivity index (χ4v) is 13.1. The maximum atomic E-state index is 13.1. The molecule has 0 amide bonds. The van der Waals surface area contributed by atoms with Gasteiger partial charge in [-0.05, 0) is 37.5 Å². The summed E-state index contributed by atoms with van der Waals surface area (Å²) in [7, 11) is -9.91. The first kappa shape index (κ1) is 92.1. The normalized spacial score (nSPS) is 14.0. The van der Waals surface area contributed by atoms with E-state index in [1.165, 1.54) is 205 Å². The first-order valence-corrected chi connectivity index (χ1v) is 42.0. The van der Waals surface area contributed by atoms with E-state index in [2.05, 4.69) is 41.5 Å². The smallest absolute Gasteiger partial charge is 0.462 e. The summed E-state index contributed by atoms with van der Waals surface area (Å²) in [6.07, 6.45) is 54.1.